The van der Waals surface area contributed by atoms with Crippen molar-refractivity contribution < 1.29 is 40.2 Å². The summed E-state index contributed by atoms with van der Waals surface area (Å²) < 4.78 is 4.67. The monoisotopic (exact) mass is 464 g/mol. The number of unbranched alkanes of at least 4 members (excludes halogenated alkanes) is 14. The Morgan fingerprint density at radius 3 is 1.44 bits per heavy atom. The molecule has 0 aromatic rings. The van der Waals surface area contributed by atoms with Crippen molar-refractivity contribution in [3.8, 4) is 0 Å². The summed E-state index contributed by atoms with van der Waals surface area (Å²) >= 11 is 0. The molecule has 0 spiro atoms. The summed E-state index contributed by atoms with van der Waals surface area (Å²) in [5.41, 5.74) is 0. The topological polar surface area (TPSA) is 148 Å². The maximum atomic E-state index is 11.7. The number of carbonyl (C=O) groups excluding carboxylic acids is 1. The Bertz CT molecular complexity index is 434. The number of ether oxygens (including phenoxy) is 1. The Balaban J connectivity index is 3.61. The first-order chi connectivity index (χ1) is 15.3. The summed E-state index contributed by atoms with van der Waals surface area (Å²) in [4.78, 5) is 11.7. The zero-order chi connectivity index (χ0) is 24.2. The third kappa shape index (κ3) is 15.9. The minimum Gasteiger partial charge on any atom is -0.433 e. The van der Waals surface area contributed by atoms with Crippen molar-refractivity contribution >= 4 is 5.97 Å². The maximum Gasteiger partial charge on any atom is 0.308 e. The molecule has 0 bridgehead atoms. The van der Waals surface area contributed by atoms with Crippen LogP contribution in [0.5, 0.6) is 0 Å². The highest BCUT2D eigenvalue weighted by Crippen LogP contribution is 2.15. The van der Waals surface area contributed by atoms with Crippen molar-refractivity contribution in [1.82, 2.24) is 0 Å². The van der Waals surface area contributed by atoms with Crippen LogP contribution in [-0.4, -0.2) is 73.9 Å². The summed E-state index contributed by atoms with van der Waals surface area (Å²) in [7, 11) is 0. The number of aliphatic hydroxyl groups excluding tert-OH is 6. The van der Waals surface area contributed by atoms with Crippen LogP contribution in [0.25, 0.3) is 0 Å². The highest BCUT2D eigenvalue weighted by atomic mass is 16.6. The van der Waals surface area contributed by atoms with Gasteiger partial charge in [-0.1, -0.05) is 96.8 Å². The van der Waals surface area contributed by atoms with Crippen LogP contribution in [0.4, 0.5) is 0 Å². The van der Waals surface area contributed by atoms with Gasteiger partial charge >= 0.3 is 5.97 Å². The van der Waals surface area contributed by atoms with Crippen LogP contribution in [0.2, 0.25) is 0 Å². The van der Waals surface area contributed by atoms with Gasteiger partial charge in [-0.2, -0.15) is 0 Å². The number of esters is 1. The van der Waals surface area contributed by atoms with E-state index in [2.05, 4.69) is 11.7 Å². The molecule has 6 N–H and O–H groups in total. The van der Waals surface area contributed by atoms with Crippen LogP contribution in [0, 0.1) is 0 Å². The van der Waals surface area contributed by atoms with Gasteiger partial charge in [-0.05, 0) is 6.42 Å². The molecular weight excluding hydrogens is 416 g/mol. The molecule has 0 rings (SSSR count). The molecule has 8 nitrogen and oxygen atoms in total. The van der Waals surface area contributed by atoms with Crippen molar-refractivity contribution in [3.63, 3.8) is 0 Å². The van der Waals surface area contributed by atoms with Crippen LogP contribution in [0.1, 0.15) is 110 Å². The fourth-order valence-electron chi connectivity index (χ4n) is 3.61. The Labute approximate surface area is 193 Å². The largest absolute Gasteiger partial charge is 0.433 e. The molecule has 5 atom stereocenters. The van der Waals surface area contributed by atoms with E-state index in [4.69, 9.17) is 5.11 Å². The van der Waals surface area contributed by atoms with Gasteiger partial charge in [-0.25, -0.2) is 0 Å². The second kappa shape index (κ2) is 20.8. The van der Waals surface area contributed by atoms with Crippen molar-refractivity contribution in [1.29, 1.82) is 0 Å². The van der Waals surface area contributed by atoms with E-state index in [1.165, 1.54) is 70.6 Å². The van der Waals surface area contributed by atoms with Crippen LogP contribution in [-0.2, 0) is 9.53 Å². The third-order valence-electron chi connectivity index (χ3n) is 5.81. The highest BCUT2D eigenvalue weighted by molar-refractivity contribution is 5.69. The first kappa shape index (κ1) is 31.2. The molecule has 192 valence electrons. The second-order valence-electron chi connectivity index (χ2n) is 8.80. The quantitative estimate of drug-likeness (QED) is 0.0813. The minimum absolute atomic E-state index is 0.0833. The molecule has 0 heterocycles. The lowest BCUT2D eigenvalue weighted by Crippen LogP contribution is -2.50. The molecule has 0 aromatic carbocycles. The predicted molar refractivity (Wildman–Crippen MR) is 123 cm³/mol. The van der Waals surface area contributed by atoms with Crippen LogP contribution in [0.15, 0.2) is 0 Å². The van der Waals surface area contributed by atoms with Gasteiger partial charge in [0.15, 0.2) is 0 Å². The number of rotatable bonds is 22. The van der Waals surface area contributed by atoms with E-state index < -0.39 is 43.3 Å². The maximum absolute atomic E-state index is 11.7. The van der Waals surface area contributed by atoms with E-state index in [1.807, 2.05) is 0 Å². The smallest absolute Gasteiger partial charge is 0.308 e. The molecule has 0 aliphatic rings. The van der Waals surface area contributed by atoms with Crippen LogP contribution < -0.4 is 0 Å². The summed E-state index contributed by atoms with van der Waals surface area (Å²) in [5.74, 6) is -0.712. The molecule has 0 amide bonds. The molecular formula is C24H48O8. The summed E-state index contributed by atoms with van der Waals surface area (Å²) in [6, 6.07) is 0. The van der Waals surface area contributed by atoms with E-state index in [1.54, 1.807) is 0 Å². The number of aliphatic hydroxyl groups is 6. The molecule has 0 aliphatic carbocycles. The fourth-order valence-corrected chi connectivity index (χ4v) is 3.61. The highest BCUT2D eigenvalue weighted by Gasteiger charge is 2.35. The van der Waals surface area contributed by atoms with E-state index in [-0.39, 0.29) is 6.42 Å². The summed E-state index contributed by atoms with van der Waals surface area (Å²) in [6.45, 7) is 1.41. The van der Waals surface area contributed by atoms with Gasteiger partial charge in [0.25, 0.3) is 0 Å². The molecule has 32 heavy (non-hydrogen) atoms. The lowest BCUT2D eigenvalue weighted by molar-refractivity contribution is -0.213. The van der Waals surface area contributed by atoms with Crippen molar-refractivity contribution in [2.24, 2.45) is 0 Å². The van der Waals surface area contributed by atoms with E-state index in [0.29, 0.717) is 6.42 Å². The molecule has 0 radical (unpaired) electrons. The lowest BCUT2D eigenvalue weighted by atomic mass is 10.0. The standard InChI is InChI=1S/C24H48O8/c1-2-3-4-5-6-7-8-9-10-11-12-13-14-15-16-17-20(27)32-24(31)23(30)22(29)21(28)19(26)18-25/h19,21-26,28-31H,2-18H2,1H3/t19-,21-,22+,23-,24?/m1/s1. The van der Waals surface area contributed by atoms with Crippen molar-refractivity contribution in [2.45, 2.75) is 140 Å². The number of hydrogen-bond acceptors (Lipinski definition) is 8. The van der Waals surface area contributed by atoms with E-state index in [0.717, 1.165) is 19.3 Å². The molecule has 0 fully saturated rings. The van der Waals surface area contributed by atoms with Crippen molar-refractivity contribution in [2.75, 3.05) is 6.61 Å². The Morgan fingerprint density at radius 1 is 0.625 bits per heavy atom. The number of hydrogen-bond donors (Lipinski definition) is 6. The Kier molecular flexibility index (Phi) is 20.3. The van der Waals surface area contributed by atoms with E-state index in [9.17, 15) is 30.3 Å². The van der Waals surface area contributed by atoms with Gasteiger partial charge in [-0.3, -0.25) is 4.79 Å². The molecule has 0 saturated carbocycles. The normalized spacial score (nSPS) is 16.3. The molecule has 8 heteroatoms. The average Bonchev–Trinajstić information content (AvgIpc) is 2.79. The van der Waals surface area contributed by atoms with Crippen LogP contribution in [0.3, 0.4) is 0 Å². The van der Waals surface area contributed by atoms with Gasteiger partial charge in [0.05, 0.1) is 6.61 Å². The molecule has 0 saturated heterocycles. The van der Waals surface area contributed by atoms with Gasteiger partial charge in [-0.15, -0.1) is 0 Å². The molecule has 0 aromatic heterocycles. The number of carbonyl (C=O) groups is 1. The SMILES string of the molecule is CCCCCCCCCCCCCCCCCC(=O)OC(O)[C@H](O)[C@@H](O)[C@H](O)[C@H](O)CO. The van der Waals surface area contributed by atoms with Gasteiger partial charge in [0, 0.05) is 6.42 Å². The molecule has 0 aliphatic heterocycles. The molecule has 1 unspecified atom stereocenters. The Hall–Kier alpha value is -0.770. The van der Waals surface area contributed by atoms with Crippen LogP contribution >= 0.6 is 0 Å². The summed E-state index contributed by atoms with van der Waals surface area (Å²) in [6.07, 6.45) is 8.65. The first-order valence-electron chi connectivity index (χ1n) is 12.6. The zero-order valence-corrected chi connectivity index (χ0v) is 19.9. The second-order valence-corrected chi connectivity index (χ2v) is 8.80. The van der Waals surface area contributed by atoms with Gasteiger partial charge in [0.1, 0.15) is 24.4 Å². The Morgan fingerprint density at radius 2 is 1.03 bits per heavy atom. The van der Waals surface area contributed by atoms with Crippen molar-refractivity contribution in [3.05, 3.63) is 0 Å². The van der Waals surface area contributed by atoms with E-state index >= 15 is 0 Å². The van der Waals surface area contributed by atoms with Gasteiger partial charge < -0.3 is 35.4 Å². The predicted octanol–water partition coefficient (Wildman–Crippen LogP) is 2.55. The minimum atomic E-state index is -2.03. The average molecular weight is 465 g/mol. The third-order valence-corrected chi connectivity index (χ3v) is 5.81. The zero-order valence-electron chi connectivity index (χ0n) is 19.9. The first-order valence-corrected chi connectivity index (χ1v) is 12.6. The van der Waals surface area contributed by atoms with Gasteiger partial charge in [0.2, 0.25) is 6.29 Å². The lowest BCUT2D eigenvalue weighted by Gasteiger charge is -2.28. The fraction of sp³-hybridized carbons (Fsp3) is 0.958. The summed E-state index contributed by atoms with van der Waals surface area (Å²) in [5, 5.41) is 56.6.